The fraction of sp³-hybridized carbons (Fsp3) is 0.632. The Hall–Kier alpha value is -2.02. The second-order valence-corrected chi connectivity index (χ2v) is 8.19. The Morgan fingerprint density at radius 1 is 1.41 bits per heavy atom. The molecule has 0 bridgehead atoms. The molecule has 8 heteroatoms. The van der Waals surface area contributed by atoms with Crippen LogP contribution >= 0.6 is 11.6 Å². The summed E-state index contributed by atoms with van der Waals surface area (Å²) in [6.07, 6.45) is 2.94. The molecule has 1 saturated heterocycles. The number of ether oxygens (including phenoxy) is 1. The monoisotopic (exact) mass is 397 g/mol. The number of carbonyl (C=O) groups excluding carboxylic acids is 1. The lowest BCUT2D eigenvalue weighted by Gasteiger charge is -2.42. The first-order valence-corrected chi connectivity index (χ1v) is 9.61. The smallest absolute Gasteiger partial charge is 0.407 e. The Morgan fingerprint density at radius 2 is 2.11 bits per heavy atom. The number of esters is 1. The Labute approximate surface area is 165 Å². The second kappa shape index (κ2) is 8.78. The first-order chi connectivity index (χ1) is 12.6. The maximum absolute atomic E-state index is 12.3. The van der Waals surface area contributed by atoms with E-state index in [1.807, 2.05) is 20.8 Å². The fourth-order valence-electron chi connectivity index (χ4n) is 3.72. The number of nitrogens with one attached hydrogen (secondary N) is 1. The summed E-state index contributed by atoms with van der Waals surface area (Å²) in [5, 5.41) is 13.4. The van der Waals surface area contributed by atoms with E-state index < -0.39 is 12.1 Å². The average molecular weight is 398 g/mol. The highest BCUT2D eigenvalue weighted by molar-refractivity contribution is 6.29. The molecule has 1 unspecified atom stereocenters. The van der Waals surface area contributed by atoms with Gasteiger partial charge in [-0.15, -0.1) is 0 Å². The van der Waals surface area contributed by atoms with Crippen LogP contribution in [0.1, 0.15) is 57.3 Å². The number of halogens is 1. The van der Waals surface area contributed by atoms with Crippen LogP contribution in [0.2, 0.25) is 5.15 Å². The van der Waals surface area contributed by atoms with E-state index in [2.05, 4.69) is 10.3 Å². The highest BCUT2D eigenvalue weighted by Crippen LogP contribution is 2.34. The SMILES string of the molecule is CCOC(=O)c1cnc(Cl)cc1N[C@@H]1CCCCN(C(=O)O)C1C(C)(C)C. The number of rotatable bonds is 4. The van der Waals surface area contributed by atoms with Crippen LogP contribution in [0.4, 0.5) is 10.5 Å². The van der Waals surface area contributed by atoms with Crippen LogP contribution < -0.4 is 5.32 Å². The standard InChI is InChI=1S/C19H28ClN3O4/c1-5-27-17(24)12-11-21-15(20)10-14(12)22-13-8-6-7-9-23(18(25)26)16(13)19(2,3)4/h10-11,13,16H,5-9H2,1-4H3,(H,21,22)(H,25,26)/t13-,16?/m1/s1. The van der Waals surface area contributed by atoms with Crippen LogP contribution in [0.5, 0.6) is 0 Å². The number of carboxylic acid groups (broad SMARTS) is 1. The number of hydrogen-bond donors (Lipinski definition) is 2. The number of likely N-dealkylation sites (tertiary alicyclic amines) is 1. The minimum absolute atomic E-state index is 0.171. The first kappa shape index (κ1) is 21.3. The molecule has 1 aliphatic rings. The van der Waals surface area contributed by atoms with Crippen LogP contribution in [0.3, 0.4) is 0 Å². The zero-order valence-electron chi connectivity index (χ0n) is 16.3. The lowest BCUT2D eigenvalue weighted by Crippen LogP contribution is -2.55. The molecule has 2 atom stereocenters. The van der Waals surface area contributed by atoms with Crippen LogP contribution in [0.25, 0.3) is 0 Å². The van der Waals surface area contributed by atoms with Gasteiger partial charge in [-0.2, -0.15) is 0 Å². The molecule has 1 aromatic rings. The third-order valence-corrected chi connectivity index (χ3v) is 4.93. The number of carbonyl (C=O) groups is 2. The van der Waals surface area contributed by atoms with Gasteiger partial charge in [-0.1, -0.05) is 32.4 Å². The predicted octanol–water partition coefficient (Wildman–Crippen LogP) is 4.27. The summed E-state index contributed by atoms with van der Waals surface area (Å²) in [4.78, 5) is 29.7. The van der Waals surface area contributed by atoms with Gasteiger partial charge >= 0.3 is 12.1 Å². The average Bonchev–Trinajstić information content (AvgIpc) is 2.77. The normalized spacial score (nSPS) is 20.7. The van der Waals surface area contributed by atoms with Gasteiger partial charge in [0.25, 0.3) is 0 Å². The van der Waals surface area contributed by atoms with Crippen molar-refractivity contribution in [3.8, 4) is 0 Å². The van der Waals surface area contributed by atoms with E-state index in [4.69, 9.17) is 16.3 Å². The van der Waals surface area contributed by atoms with Crippen molar-refractivity contribution >= 4 is 29.4 Å². The van der Waals surface area contributed by atoms with Crippen molar-refractivity contribution < 1.29 is 19.4 Å². The van der Waals surface area contributed by atoms with Gasteiger partial charge in [-0.3, -0.25) is 0 Å². The topological polar surface area (TPSA) is 91.8 Å². The van der Waals surface area contributed by atoms with Crippen molar-refractivity contribution in [2.45, 2.75) is 59.0 Å². The summed E-state index contributed by atoms with van der Waals surface area (Å²) in [7, 11) is 0. The molecule has 1 aliphatic heterocycles. The van der Waals surface area contributed by atoms with Gasteiger partial charge in [-0.05, 0) is 37.7 Å². The molecule has 2 rings (SSSR count). The first-order valence-electron chi connectivity index (χ1n) is 9.24. The molecule has 0 aliphatic carbocycles. The second-order valence-electron chi connectivity index (χ2n) is 7.81. The van der Waals surface area contributed by atoms with E-state index in [0.717, 1.165) is 19.3 Å². The molecule has 2 N–H and O–H groups in total. The highest BCUT2D eigenvalue weighted by Gasteiger charge is 2.40. The molecule has 1 fully saturated rings. The summed E-state index contributed by atoms with van der Waals surface area (Å²) < 4.78 is 5.11. The van der Waals surface area contributed by atoms with Crippen LogP contribution in [0, 0.1) is 5.41 Å². The third kappa shape index (κ3) is 5.25. The summed E-state index contributed by atoms with van der Waals surface area (Å²) in [6.45, 7) is 8.57. The number of aromatic nitrogens is 1. The minimum Gasteiger partial charge on any atom is -0.465 e. The van der Waals surface area contributed by atoms with Gasteiger partial charge in [0.15, 0.2) is 0 Å². The Kier molecular flexibility index (Phi) is 6.92. The largest absolute Gasteiger partial charge is 0.465 e. The van der Waals surface area contributed by atoms with Crippen LogP contribution in [-0.2, 0) is 4.74 Å². The summed E-state index contributed by atoms with van der Waals surface area (Å²) in [5.74, 6) is -0.486. The summed E-state index contributed by atoms with van der Waals surface area (Å²) in [5.41, 5.74) is 0.515. The Morgan fingerprint density at radius 3 is 2.70 bits per heavy atom. The molecule has 27 heavy (non-hydrogen) atoms. The van der Waals surface area contributed by atoms with Gasteiger partial charge < -0.3 is 20.1 Å². The summed E-state index contributed by atoms with van der Waals surface area (Å²) >= 11 is 6.05. The van der Waals surface area contributed by atoms with E-state index in [1.165, 1.54) is 11.1 Å². The molecular formula is C19H28ClN3O4. The summed E-state index contributed by atoms with van der Waals surface area (Å²) in [6, 6.07) is 1.15. The molecule has 0 saturated carbocycles. The Bertz CT molecular complexity index is 690. The van der Waals surface area contributed by atoms with E-state index in [-0.39, 0.29) is 29.3 Å². The molecule has 0 radical (unpaired) electrons. The lowest BCUT2D eigenvalue weighted by molar-refractivity contribution is 0.0526. The van der Waals surface area contributed by atoms with E-state index >= 15 is 0 Å². The number of amides is 1. The van der Waals surface area contributed by atoms with Crippen molar-refractivity contribution in [3.05, 3.63) is 23.0 Å². The van der Waals surface area contributed by atoms with Gasteiger partial charge in [0.1, 0.15) is 10.7 Å². The van der Waals surface area contributed by atoms with Crippen LogP contribution in [-0.4, -0.2) is 52.3 Å². The molecular weight excluding hydrogens is 370 g/mol. The number of pyridine rings is 1. The van der Waals surface area contributed by atoms with Crippen molar-refractivity contribution in [1.82, 2.24) is 9.88 Å². The number of hydrogen-bond acceptors (Lipinski definition) is 5. The molecule has 150 valence electrons. The van der Waals surface area contributed by atoms with Gasteiger partial charge in [0.2, 0.25) is 0 Å². The fourth-order valence-corrected chi connectivity index (χ4v) is 3.88. The molecule has 0 aromatic carbocycles. The minimum atomic E-state index is -0.929. The third-order valence-electron chi connectivity index (χ3n) is 4.72. The quantitative estimate of drug-likeness (QED) is 0.582. The van der Waals surface area contributed by atoms with E-state index in [1.54, 1.807) is 13.0 Å². The highest BCUT2D eigenvalue weighted by atomic mass is 35.5. The van der Waals surface area contributed by atoms with Gasteiger partial charge in [-0.25, -0.2) is 14.6 Å². The number of nitrogens with zero attached hydrogens (tertiary/aromatic N) is 2. The predicted molar refractivity (Wildman–Crippen MR) is 104 cm³/mol. The van der Waals surface area contributed by atoms with Gasteiger partial charge in [0.05, 0.1) is 18.3 Å². The Balaban J connectivity index is 2.42. The van der Waals surface area contributed by atoms with Crippen molar-refractivity contribution in [1.29, 1.82) is 0 Å². The molecule has 1 amide bonds. The lowest BCUT2D eigenvalue weighted by atomic mass is 9.80. The van der Waals surface area contributed by atoms with Crippen molar-refractivity contribution in [2.24, 2.45) is 5.41 Å². The van der Waals surface area contributed by atoms with E-state index in [0.29, 0.717) is 17.8 Å². The zero-order chi connectivity index (χ0) is 20.2. The maximum Gasteiger partial charge on any atom is 0.407 e. The van der Waals surface area contributed by atoms with E-state index in [9.17, 15) is 14.7 Å². The molecule has 7 nitrogen and oxygen atoms in total. The van der Waals surface area contributed by atoms with Crippen LogP contribution in [0.15, 0.2) is 12.3 Å². The van der Waals surface area contributed by atoms with Crippen molar-refractivity contribution in [2.75, 3.05) is 18.5 Å². The zero-order valence-corrected chi connectivity index (χ0v) is 17.0. The molecule has 2 heterocycles. The van der Waals surface area contributed by atoms with Crippen molar-refractivity contribution in [3.63, 3.8) is 0 Å². The maximum atomic E-state index is 12.3. The number of anilines is 1. The molecule has 1 aromatic heterocycles. The van der Waals surface area contributed by atoms with Gasteiger partial charge in [0, 0.05) is 18.8 Å². The molecule has 0 spiro atoms.